The van der Waals surface area contributed by atoms with Crippen LogP contribution in [0.25, 0.3) is 0 Å². The summed E-state index contributed by atoms with van der Waals surface area (Å²) in [7, 11) is 0. The third-order valence-electron chi connectivity index (χ3n) is 2.43. The van der Waals surface area contributed by atoms with Gasteiger partial charge in [0.2, 0.25) is 0 Å². The summed E-state index contributed by atoms with van der Waals surface area (Å²) in [6.07, 6.45) is 1.96. The SMILES string of the molecule is CCCOCCC(N)c1ccc(C)cc1. The van der Waals surface area contributed by atoms with Crippen LogP contribution in [0.1, 0.15) is 36.9 Å². The summed E-state index contributed by atoms with van der Waals surface area (Å²) >= 11 is 0. The molecule has 2 heteroatoms. The van der Waals surface area contributed by atoms with E-state index in [4.69, 9.17) is 10.5 Å². The lowest BCUT2D eigenvalue weighted by Crippen LogP contribution is -2.13. The first-order valence-corrected chi connectivity index (χ1v) is 5.64. The Morgan fingerprint density at radius 3 is 2.47 bits per heavy atom. The molecule has 0 amide bonds. The Kier molecular flexibility index (Phi) is 5.37. The molecule has 0 aliphatic carbocycles. The molecule has 2 N–H and O–H groups in total. The van der Waals surface area contributed by atoms with Gasteiger partial charge in [-0.1, -0.05) is 36.8 Å². The van der Waals surface area contributed by atoms with Crippen LogP contribution in [0.4, 0.5) is 0 Å². The van der Waals surface area contributed by atoms with E-state index in [1.807, 2.05) is 0 Å². The number of benzene rings is 1. The van der Waals surface area contributed by atoms with E-state index in [2.05, 4.69) is 38.1 Å². The van der Waals surface area contributed by atoms with Crippen LogP contribution >= 0.6 is 0 Å². The molecule has 0 fully saturated rings. The lowest BCUT2D eigenvalue weighted by molar-refractivity contribution is 0.128. The van der Waals surface area contributed by atoms with Crippen molar-refractivity contribution in [1.29, 1.82) is 0 Å². The van der Waals surface area contributed by atoms with Gasteiger partial charge >= 0.3 is 0 Å². The monoisotopic (exact) mass is 207 g/mol. The Labute approximate surface area is 92.4 Å². The van der Waals surface area contributed by atoms with Crippen molar-refractivity contribution in [3.63, 3.8) is 0 Å². The van der Waals surface area contributed by atoms with Crippen molar-refractivity contribution < 1.29 is 4.74 Å². The van der Waals surface area contributed by atoms with Gasteiger partial charge in [0.15, 0.2) is 0 Å². The van der Waals surface area contributed by atoms with Gasteiger partial charge in [-0.25, -0.2) is 0 Å². The van der Waals surface area contributed by atoms with E-state index in [-0.39, 0.29) is 6.04 Å². The maximum Gasteiger partial charge on any atom is 0.0484 e. The van der Waals surface area contributed by atoms with Crippen molar-refractivity contribution in [2.24, 2.45) is 5.73 Å². The molecule has 1 aromatic carbocycles. The molecule has 1 atom stereocenters. The number of ether oxygens (including phenoxy) is 1. The molecule has 1 aromatic rings. The number of hydrogen-bond donors (Lipinski definition) is 1. The summed E-state index contributed by atoms with van der Waals surface area (Å²) in [6.45, 7) is 5.78. The molecule has 0 aliphatic rings. The van der Waals surface area contributed by atoms with Crippen LogP contribution in [-0.2, 0) is 4.74 Å². The molecule has 0 saturated heterocycles. The fourth-order valence-electron chi connectivity index (χ4n) is 1.44. The first kappa shape index (κ1) is 12.2. The molecular formula is C13H21NO. The van der Waals surface area contributed by atoms with Gasteiger partial charge in [-0.3, -0.25) is 0 Å². The van der Waals surface area contributed by atoms with Crippen molar-refractivity contribution in [3.8, 4) is 0 Å². The van der Waals surface area contributed by atoms with Crippen LogP contribution in [0.3, 0.4) is 0 Å². The normalized spacial score (nSPS) is 12.7. The molecule has 15 heavy (non-hydrogen) atoms. The van der Waals surface area contributed by atoms with Gasteiger partial charge in [-0.15, -0.1) is 0 Å². The van der Waals surface area contributed by atoms with E-state index in [1.165, 1.54) is 11.1 Å². The first-order valence-electron chi connectivity index (χ1n) is 5.64. The van der Waals surface area contributed by atoms with E-state index in [1.54, 1.807) is 0 Å². The highest BCUT2D eigenvalue weighted by molar-refractivity contribution is 5.23. The fraction of sp³-hybridized carbons (Fsp3) is 0.538. The maximum absolute atomic E-state index is 6.05. The van der Waals surface area contributed by atoms with Gasteiger partial charge in [0.1, 0.15) is 0 Å². The summed E-state index contributed by atoms with van der Waals surface area (Å²) in [5.41, 5.74) is 8.51. The summed E-state index contributed by atoms with van der Waals surface area (Å²) in [4.78, 5) is 0. The average Bonchev–Trinajstić information content (AvgIpc) is 2.25. The quantitative estimate of drug-likeness (QED) is 0.728. The molecule has 2 nitrogen and oxygen atoms in total. The van der Waals surface area contributed by atoms with Gasteiger partial charge in [-0.2, -0.15) is 0 Å². The van der Waals surface area contributed by atoms with E-state index < -0.39 is 0 Å². The van der Waals surface area contributed by atoms with Crippen LogP contribution < -0.4 is 5.73 Å². The molecule has 0 bridgehead atoms. The molecule has 0 aromatic heterocycles. The number of hydrogen-bond acceptors (Lipinski definition) is 2. The second-order valence-corrected chi connectivity index (χ2v) is 3.92. The first-order chi connectivity index (χ1) is 7.24. The van der Waals surface area contributed by atoms with E-state index in [9.17, 15) is 0 Å². The lowest BCUT2D eigenvalue weighted by Gasteiger charge is -2.12. The Morgan fingerprint density at radius 2 is 1.87 bits per heavy atom. The van der Waals surface area contributed by atoms with E-state index in [0.717, 1.165) is 26.1 Å². The highest BCUT2D eigenvalue weighted by atomic mass is 16.5. The standard InChI is InChI=1S/C13H21NO/c1-3-9-15-10-8-13(14)12-6-4-11(2)5-7-12/h4-7,13H,3,8-10,14H2,1-2H3. The molecule has 0 saturated carbocycles. The Bertz CT molecular complexity index is 268. The zero-order chi connectivity index (χ0) is 11.1. The smallest absolute Gasteiger partial charge is 0.0484 e. The average molecular weight is 207 g/mol. The molecular weight excluding hydrogens is 186 g/mol. The highest BCUT2D eigenvalue weighted by Gasteiger charge is 2.04. The number of rotatable bonds is 6. The van der Waals surface area contributed by atoms with Crippen molar-refractivity contribution in [2.75, 3.05) is 13.2 Å². The second-order valence-electron chi connectivity index (χ2n) is 3.92. The van der Waals surface area contributed by atoms with Crippen LogP contribution in [-0.4, -0.2) is 13.2 Å². The summed E-state index contributed by atoms with van der Waals surface area (Å²) in [5.74, 6) is 0. The molecule has 84 valence electrons. The van der Waals surface area contributed by atoms with Gasteiger partial charge < -0.3 is 10.5 Å². The fourth-order valence-corrected chi connectivity index (χ4v) is 1.44. The molecule has 0 heterocycles. The van der Waals surface area contributed by atoms with Gasteiger partial charge in [-0.05, 0) is 25.3 Å². The predicted molar refractivity (Wildman–Crippen MR) is 63.8 cm³/mol. The van der Waals surface area contributed by atoms with Crippen molar-refractivity contribution >= 4 is 0 Å². The maximum atomic E-state index is 6.05. The van der Waals surface area contributed by atoms with Crippen molar-refractivity contribution in [1.82, 2.24) is 0 Å². The van der Waals surface area contributed by atoms with Gasteiger partial charge in [0.05, 0.1) is 0 Å². The lowest BCUT2D eigenvalue weighted by atomic mass is 10.0. The molecule has 0 radical (unpaired) electrons. The third kappa shape index (κ3) is 4.45. The minimum Gasteiger partial charge on any atom is -0.381 e. The Hall–Kier alpha value is -0.860. The Balaban J connectivity index is 2.33. The zero-order valence-corrected chi connectivity index (χ0v) is 9.70. The third-order valence-corrected chi connectivity index (χ3v) is 2.43. The molecule has 0 aliphatic heterocycles. The highest BCUT2D eigenvalue weighted by Crippen LogP contribution is 2.14. The largest absolute Gasteiger partial charge is 0.381 e. The predicted octanol–water partition coefficient (Wildman–Crippen LogP) is 2.81. The summed E-state index contributed by atoms with van der Waals surface area (Å²) < 4.78 is 5.42. The Morgan fingerprint density at radius 1 is 1.20 bits per heavy atom. The van der Waals surface area contributed by atoms with Crippen LogP contribution in [0.5, 0.6) is 0 Å². The second kappa shape index (κ2) is 6.59. The number of nitrogens with two attached hydrogens (primary N) is 1. The van der Waals surface area contributed by atoms with E-state index >= 15 is 0 Å². The van der Waals surface area contributed by atoms with Crippen LogP contribution in [0, 0.1) is 6.92 Å². The van der Waals surface area contributed by atoms with Crippen LogP contribution in [0.15, 0.2) is 24.3 Å². The van der Waals surface area contributed by atoms with Gasteiger partial charge in [0, 0.05) is 19.3 Å². The topological polar surface area (TPSA) is 35.2 Å². The zero-order valence-electron chi connectivity index (χ0n) is 9.70. The van der Waals surface area contributed by atoms with Crippen molar-refractivity contribution in [2.45, 2.75) is 32.7 Å². The summed E-state index contributed by atoms with van der Waals surface area (Å²) in [6, 6.07) is 8.49. The van der Waals surface area contributed by atoms with Crippen molar-refractivity contribution in [3.05, 3.63) is 35.4 Å². The van der Waals surface area contributed by atoms with Crippen LogP contribution in [0.2, 0.25) is 0 Å². The summed E-state index contributed by atoms with van der Waals surface area (Å²) in [5, 5.41) is 0. The van der Waals surface area contributed by atoms with Gasteiger partial charge in [0.25, 0.3) is 0 Å². The molecule has 1 rings (SSSR count). The van der Waals surface area contributed by atoms with E-state index in [0.29, 0.717) is 0 Å². The molecule has 1 unspecified atom stereocenters. The minimum absolute atomic E-state index is 0.0995. The molecule has 0 spiro atoms. The minimum atomic E-state index is 0.0995. The number of aryl methyl sites for hydroxylation is 1.